The Morgan fingerprint density at radius 1 is 1.45 bits per heavy atom. The number of hydrogen-bond donors (Lipinski definition) is 1. The SMILES string of the molecule is CCOC(=O)/C=C/c1c(CC)cc(N(C)C)c(N)c1F. The summed E-state index contributed by atoms with van der Waals surface area (Å²) in [7, 11) is 3.61. The number of nitrogens with zero attached hydrogens (tertiary/aromatic N) is 1. The zero-order chi connectivity index (χ0) is 15.3. The summed E-state index contributed by atoms with van der Waals surface area (Å²) in [4.78, 5) is 13.1. The van der Waals surface area contributed by atoms with Crippen LogP contribution in [-0.2, 0) is 16.0 Å². The molecule has 20 heavy (non-hydrogen) atoms. The first kappa shape index (κ1) is 16.0. The number of carbonyl (C=O) groups excluding carboxylic acids is 1. The summed E-state index contributed by atoms with van der Waals surface area (Å²) in [6, 6.07) is 1.84. The first-order valence-electron chi connectivity index (χ1n) is 6.55. The van der Waals surface area contributed by atoms with E-state index in [1.165, 1.54) is 12.2 Å². The maximum Gasteiger partial charge on any atom is 0.330 e. The zero-order valence-corrected chi connectivity index (χ0v) is 12.4. The molecule has 0 fully saturated rings. The molecule has 0 bridgehead atoms. The van der Waals surface area contributed by atoms with Crippen LogP contribution in [0, 0.1) is 5.82 Å². The fourth-order valence-corrected chi connectivity index (χ4v) is 1.90. The van der Waals surface area contributed by atoms with E-state index in [1.54, 1.807) is 25.9 Å². The molecule has 0 aliphatic carbocycles. The number of nitrogen functional groups attached to an aromatic ring is 1. The van der Waals surface area contributed by atoms with E-state index >= 15 is 0 Å². The molecule has 0 aromatic heterocycles. The fourth-order valence-electron chi connectivity index (χ4n) is 1.90. The summed E-state index contributed by atoms with van der Waals surface area (Å²) < 4.78 is 19.1. The van der Waals surface area contributed by atoms with Crippen LogP contribution in [0.25, 0.3) is 6.08 Å². The number of rotatable bonds is 5. The first-order chi connectivity index (χ1) is 9.42. The summed E-state index contributed by atoms with van der Waals surface area (Å²) in [5.41, 5.74) is 7.65. The van der Waals surface area contributed by atoms with Crippen molar-refractivity contribution < 1.29 is 13.9 Å². The van der Waals surface area contributed by atoms with Crippen molar-refractivity contribution >= 4 is 23.4 Å². The van der Waals surface area contributed by atoms with Crippen molar-refractivity contribution in [1.29, 1.82) is 0 Å². The second kappa shape index (κ2) is 6.93. The van der Waals surface area contributed by atoms with Crippen molar-refractivity contribution in [2.45, 2.75) is 20.3 Å². The van der Waals surface area contributed by atoms with Gasteiger partial charge in [0.25, 0.3) is 0 Å². The van der Waals surface area contributed by atoms with Gasteiger partial charge in [-0.15, -0.1) is 0 Å². The third-order valence-corrected chi connectivity index (χ3v) is 2.94. The molecule has 0 radical (unpaired) electrons. The average molecular weight is 280 g/mol. The highest BCUT2D eigenvalue weighted by atomic mass is 19.1. The van der Waals surface area contributed by atoms with Gasteiger partial charge in [-0.3, -0.25) is 0 Å². The lowest BCUT2D eigenvalue weighted by molar-refractivity contribution is -0.137. The van der Waals surface area contributed by atoms with E-state index in [9.17, 15) is 9.18 Å². The molecule has 0 unspecified atom stereocenters. The number of halogens is 1. The third-order valence-electron chi connectivity index (χ3n) is 2.94. The number of esters is 1. The Kier molecular flexibility index (Phi) is 5.55. The Balaban J connectivity index is 3.26. The summed E-state index contributed by atoms with van der Waals surface area (Å²) >= 11 is 0. The lowest BCUT2D eigenvalue weighted by atomic mass is 10.0. The second-order valence-electron chi connectivity index (χ2n) is 4.53. The highest BCUT2D eigenvalue weighted by molar-refractivity contribution is 5.88. The molecule has 1 aromatic carbocycles. The van der Waals surface area contributed by atoms with Crippen LogP contribution < -0.4 is 10.6 Å². The summed E-state index contributed by atoms with van der Waals surface area (Å²) in [5, 5.41) is 0. The smallest absolute Gasteiger partial charge is 0.330 e. The molecule has 0 heterocycles. The number of hydrogen-bond acceptors (Lipinski definition) is 4. The fraction of sp³-hybridized carbons (Fsp3) is 0.400. The number of benzene rings is 1. The molecule has 0 amide bonds. The molecule has 5 heteroatoms. The van der Waals surface area contributed by atoms with Crippen LogP contribution in [0.4, 0.5) is 15.8 Å². The van der Waals surface area contributed by atoms with Crippen LogP contribution in [0.5, 0.6) is 0 Å². The Morgan fingerprint density at radius 2 is 2.10 bits per heavy atom. The lowest BCUT2D eigenvalue weighted by Gasteiger charge is -2.19. The normalized spacial score (nSPS) is 10.8. The van der Waals surface area contributed by atoms with Crippen molar-refractivity contribution in [2.24, 2.45) is 0 Å². The minimum Gasteiger partial charge on any atom is -0.463 e. The third kappa shape index (κ3) is 3.50. The van der Waals surface area contributed by atoms with E-state index in [4.69, 9.17) is 10.5 Å². The standard InChI is InChI=1S/C15H21FN2O2/c1-5-10-9-12(18(3)4)15(17)14(16)11(10)7-8-13(19)20-6-2/h7-9H,5-6,17H2,1-4H3/b8-7+. The van der Waals surface area contributed by atoms with Crippen LogP contribution in [0.3, 0.4) is 0 Å². The summed E-state index contributed by atoms with van der Waals surface area (Å²) in [6.45, 7) is 3.92. The largest absolute Gasteiger partial charge is 0.463 e. The molecule has 0 aliphatic rings. The lowest BCUT2D eigenvalue weighted by Crippen LogP contribution is -2.13. The van der Waals surface area contributed by atoms with Crippen LogP contribution in [-0.4, -0.2) is 26.7 Å². The molecule has 0 atom stereocenters. The van der Waals surface area contributed by atoms with E-state index in [0.717, 1.165) is 5.56 Å². The molecular formula is C15H21FN2O2. The van der Waals surface area contributed by atoms with Gasteiger partial charge in [-0.2, -0.15) is 0 Å². The van der Waals surface area contributed by atoms with Crippen molar-refractivity contribution in [1.82, 2.24) is 0 Å². The van der Waals surface area contributed by atoms with Gasteiger partial charge in [0, 0.05) is 25.7 Å². The highest BCUT2D eigenvalue weighted by Gasteiger charge is 2.15. The monoisotopic (exact) mass is 280 g/mol. The average Bonchev–Trinajstić information content (AvgIpc) is 2.40. The number of anilines is 2. The molecule has 1 rings (SSSR count). The number of nitrogens with two attached hydrogens (primary N) is 1. The Hall–Kier alpha value is -2.04. The highest BCUT2D eigenvalue weighted by Crippen LogP contribution is 2.31. The van der Waals surface area contributed by atoms with Crippen LogP contribution in [0.15, 0.2) is 12.1 Å². The predicted molar refractivity (Wildman–Crippen MR) is 80.2 cm³/mol. The van der Waals surface area contributed by atoms with Crippen molar-refractivity contribution in [3.05, 3.63) is 29.1 Å². The first-order valence-corrected chi connectivity index (χ1v) is 6.55. The van der Waals surface area contributed by atoms with Gasteiger partial charge in [0.05, 0.1) is 18.0 Å². The number of aryl methyl sites for hydroxylation is 1. The summed E-state index contributed by atoms with van der Waals surface area (Å²) in [6.07, 6.45) is 3.28. The quantitative estimate of drug-likeness (QED) is 0.512. The van der Waals surface area contributed by atoms with E-state index < -0.39 is 11.8 Å². The maximum atomic E-state index is 14.4. The Labute approximate surface area is 119 Å². The zero-order valence-electron chi connectivity index (χ0n) is 12.4. The minimum absolute atomic E-state index is 0.0794. The van der Waals surface area contributed by atoms with Crippen molar-refractivity contribution in [2.75, 3.05) is 31.3 Å². The molecule has 2 N–H and O–H groups in total. The second-order valence-corrected chi connectivity index (χ2v) is 4.53. The molecular weight excluding hydrogens is 259 g/mol. The Bertz CT molecular complexity index is 525. The van der Waals surface area contributed by atoms with Crippen molar-refractivity contribution in [3.8, 4) is 0 Å². The van der Waals surface area contributed by atoms with E-state index in [1.807, 2.05) is 13.0 Å². The van der Waals surface area contributed by atoms with Crippen LogP contribution in [0.2, 0.25) is 0 Å². The molecule has 0 aliphatic heterocycles. The van der Waals surface area contributed by atoms with Crippen molar-refractivity contribution in [3.63, 3.8) is 0 Å². The van der Waals surface area contributed by atoms with E-state index in [-0.39, 0.29) is 12.3 Å². The van der Waals surface area contributed by atoms with Gasteiger partial charge < -0.3 is 15.4 Å². The van der Waals surface area contributed by atoms with Crippen LogP contribution in [0.1, 0.15) is 25.0 Å². The topological polar surface area (TPSA) is 55.6 Å². The van der Waals surface area contributed by atoms with E-state index in [0.29, 0.717) is 17.7 Å². The maximum absolute atomic E-state index is 14.4. The molecule has 4 nitrogen and oxygen atoms in total. The van der Waals surface area contributed by atoms with Gasteiger partial charge in [-0.25, -0.2) is 9.18 Å². The van der Waals surface area contributed by atoms with Gasteiger partial charge in [0.1, 0.15) is 0 Å². The molecule has 110 valence electrons. The molecule has 0 saturated heterocycles. The number of ether oxygens (including phenoxy) is 1. The molecule has 0 spiro atoms. The van der Waals surface area contributed by atoms with E-state index in [2.05, 4.69) is 0 Å². The molecule has 1 aromatic rings. The van der Waals surface area contributed by atoms with Crippen LogP contribution >= 0.6 is 0 Å². The van der Waals surface area contributed by atoms with Gasteiger partial charge in [0.2, 0.25) is 0 Å². The summed E-state index contributed by atoms with van der Waals surface area (Å²) in [5.74, 6) is -1.00. The molecule has 0 saturated carbocycles. The minimum atomic E-state index is -0.506. The van der Waals surface area contributed by atoms with Gasteiger partial charge in [0.15, 0.2) is 5.82 Å². The Morgan fingerprint density at radius 3 is 2.60 bits per heavy atom. The number of carbonyl (C=O) groups is 1. The van der Waals surface area contributed by atoms with Gasteiger partial charge >= 0.3 is 5.97 Å². The van der Waals surface area contributed by atoms with Gasteiger partial charge in [-0.1, -0.05) is 6.92 Å². The predicted octanol–water partition coefficient (Wildman–Crippen LogP) is 2.61. The van der Waals surface area contributed by atoms with Gasteiger partial charge in [-0.05, 0) is 31.1 Å².